The number of imide groups is 1. The van der Waals surface area contributed by atoms with E-state index in [4.69, 9.17) is 0 Å². The molecule has 4 heterocycles. The van der Waals surface area contributed by atoms with Gasteiger partial charge >= 0.3 is 11.9 Å². The Kier molecular flexibility index (Phi) is 6.03. The summed E-state index contributed by atoms with van der Waals surface area (Å²) in [6.07, 6.45) is 9.50. The molecular formula is C29H26N5O4+. The first-order valence-corrected chi connectivity index (χ1v) is 12.7. The van der Waals surface area contributed by atoms with Crippen molar-refractivity contribution in [2.24, 2.45) is 5.92 Å². The summed E-state index contributed by atoms with van der Waals surface area (Å²) in [6.45, 7) is 1.16. The zero-order valence-corrected chi connectivity index (χ0v) is 20.7. The number of hydrogen-bond acceptors (Lipinski definition) is 5. The minimum absolute atomic E-state index is 0.0136. The summed E-state index contributed by atoms with van der Waals surface area (Å²) >= 11 is 0. The number of pyridine rings is 1. The summed E-state index contributed by atoms with van der Waals surface area (Å²) in [4.78, 5) is 60.1. The van der Waals surface area contributed by atoms with Crippen LogP contribution in [0.25, 0.3) is 5.65 Å². The number of nitrogens with zero attached hydrogens (tertiary/aromatic N) is 5. The number of hydrogen-bond donors (Lipinski definition) is 0. The lowest BCUT2D eigenvalue weighted by molar-refractivity contribution is -0.457. The van der Waals surface area contributed by atoms with Crippen molar-refractivity contribution in [3.8, 4) is 0 Å². The van der Waals surface area contributed by atoms with Crippen molar-refractivity contribution in [2.45, 2.75) is 25.9 Å². The maximum atomic E-state index is 13.6. The highest BCUT2D eigenvalue weighted by Crippen LogP contribution is 2.23. The highest BCUT2D eigenvalue weighted by atomic mass is 16.2. The molecule has 0 spiro atoms. The van der Waals surface area contributed by atoms with Crippen LogP contribution in [-0.4, -0.2) is 60.4 Å². The van der Waals surface area contributed by atoms with Crippen molar-refractivity contribution in [3.05, 3.63) is 106 Å². The minimum Gasteiger partial charge on any atom is -0.338 e. The molecule has 4 amide bonds. The van der Waals surface area contributed by atoms with E-state index in [1.54, 1.807) is 53.6 Å². The number of aromatic nitrogens is 2. The first kappa shape index (κ1) is 23.7. The maximum Gasteiger partial charge on any atom is 0.501 e. The molecule has 1 atom stereocenters. The van der Waals surface area contributed by atoms with Gasteiger partial charge in [0.25, 0.3) is 5.56 Å². The number of urea groups is 1. The standard InChI is InChI=1S/C29H26N5O4/c35-26(31-15-12-20-7-1-2-8-21(20)18-31)13-16-33-28(37)23-9-3-4-10-24(23)34(29(33)38)19-22-17-27(36)32-14-6-5-11-25(32)30-22/h1-11,14,17,23H,12-13,15-16,18-19H2/q+1. The van der Waals surface area contributed by atoms with E-state index in [0.717, 1.165) is 16.9 Å². The van der Waals surface area contributed by atoms with E-state index < -0.39 is 11.9 Å². The predicted molar refractivity (Wildman–Crippen MR) is 139 cm³/mol. The molecule has 0 radical (unpaired) electrons. The van der Waals surface area contributed by atoms with E-state index in [9.17, 15) is 19.2 Å². The lowest BCUT2D eigenvalue weighted by Gasteiger charge is -2.30. The fraction of sp³-hybridized carbons (Fsp3) is 0.241. The molecule has 190 valence electrons. The normalized spacial score (nSPS) is 18.7. The Labute approximate surface area is 218 Å². The van der Waals surface area contributed by atoms with E-state index in [0.29, 0.717) is 30.1 Å². The molecule has 1 unspecified atom stereocenters. The van der Waals surface area contributed by atoms with Gasteiger partial charge in [0.05, 0.1) is 12.1 Å². The number of benzene rings is 1. The highest BCUT2D eigenvalue weighted by Gasteiger charge is 2.47. The van der Waals surface area contributed by atoms with Crippen LogP contribution in [0.15, 0.2) is 83.8 Å². The molecule has 0 saturated heterocycles. The Morgan fingerprint density at radius 1 is 1.03 bits per heavy atom. The SMILES string of the molecule is O=C(CCN1C(=O)C2C=CC=CC2=[N+](Cc2cc(=O)n3ccccc3n2)C1=O)N1CCc2ccccc2C1. The molecule has 2 aliphatic heterocycles. The largest absolute Gasteiger partial charge is 0.501 e. The number of carbonyl (C=O) groups excluding carboxylic acids is 3. The number of carbonyl (C=O) groups is 3. The van der Waals surface area contributed by atoms with E-state index >= 15 is 0 Å². The number of fused-ring (bicyclic) bond motifs is 3. The molecule has 6 rings (SSSR count). The Bertz CT molecular complexity index is 1630. The Morgan fingerprint density at radius 3 is 2.71 bits per heavy atom. The van der Waals surface area contributed by atoms with Gasteiger partial charge < -0.3 is 4.90 Å². The van der Waals surface area contributed by atoms with Crippen molar-refractivity contribution in [3.63, 3.8) is 0 Å². The van der Waals surface area contributed by atoms with Gasteiger partial charge in [-0.1, -0.05) is 48.6 Å². The van der Waals surface area contributed by atoms with Crippen LogP contribution in [0.4, 0.5) is 4.79 Å². The lowest BCUT2D eigenvalue weighted by atomic mass is 9.94. The van der Waals surface area contributed by atoms with E-state index in [2.05, 4.69) is 11.1 Å². The summed E-state index contributed by atoms with van der Waals surface area (Å²) in [5, 5.41) is 0. The molecule has 9 heteroatoms. The number of allylic oxidation sites excluding steroid dienone is 3. The average molecular weight is 509 g/mol. The van der Waals surface area contributed by atoms with E-state index in [-0.39, 0.29) is 36.9 Å². The molecule has 3 aromatic rings. The first-order chi connectivity index (χ1) is 18.5. The van der Waals surface area contributed by atoms with Crippen LogP contribution in [0, 0.1) is 5.92 Å². The van der Waals surface area contributed by atoms with Crippen molar-refractivity contribution in [1.82, 2.24) is 19.2 Å². The van der Waals surface area contributed by atoms with Crippen LogP contribution in [0.1, 0.15) is 23.2 Å². The van der Waals surface area contributed by atoms with Gasteiger partial charge in [-0.2, -0.15) is 14.3 Å². The Morgan fingerprint density at radius 2 is 1.84 bits per heavy atom. The van der Waals surface area contributed by atoms with Crippen molar-refractivity contribution in [2.75, 3.05) is 13.1 Å². The third kappa shape index (κ3) is 4.26. The van der Waals surface area contributed by atoms with Crippen LogP contribution >= 0.6 is 0 Å². The van der Waals surface area contributed by atoms with Gasteiger partial charge in [0.2, 0.25) is 5.91 Å². The minimum atomic E-state index is -0.642. The zero-order chi connectivity index (χ0) is 26.2. The predicted octanol–water partition coefficient (Wildman–Crippen LogP) is 2.33. The van der Waals surface area contributed by atoms with Gasteiger partial charge in [-0.3, -0.25) is 14.0 Å². The molecule has 9 nitrogen and oxygen atoms in total. The third-order valence-electron chi connectivity index (χ3n) is 7.28. The quantitative estimate of drug-likeness (QED) is 0.493. The van der Waals surface area contributed by atoms with Crippen LogP contribution in [0.5, 0.6) is 0 Å². The van der Waals surface area contributed by atoms with Gasteiger partial charge in [0, 0.05) is 25.4 Å². The van der Waals surface area contributed by atoms with Gasteiger partial charge in [-0.25, -0.2) is 9.78 Å². The second-order valence-electron chi connectivity index (χ2n) is 9.60. The van der Waals surface area contributed by atoms with Crippen LogP contribution in [0.2, 0.25) is 0 Å². The van der Waals surface area contributed by atoms with Crippen molar-refractivity contribution in [1.29, 1.82) is 0 Å². The molecule has 0 saturated carbocycles. The summed E-state index contributed by atoms with van der Waals surface area (Å²) in [5.41, 5.74) is 3.55. The van der Waals surface area contributed by atoms with Gasteiger partial charge in [-0.05, 0) is 35.8 Å². The highest BCUT2D eigenvalue weighted by molar-refractivity contribution is 6.16. The maximum absolute atomic E-state index is 13.6. The summed E-state index contributed by atoms with van der Waals surface area (Å²) < 4.78 is 2.91. The number of rotatable bonds is 5. The molecule has 2 aromatic heterocycles. The zero-order valence-electron chi connectivity index (χ0n) is 20.7. The molecule has 38 heavy (non-hydrogen) atoms. The summed E-state index contributed by atoms with van der Waals surface area (Å²) in [6, 6.07) is 14.2. The van der Waals surface area contributed by atoms with Gasteiger partial charge in [-0.15, -0.1) is 0 Å². The Hall–Kier alpha value is -4.66. The lowest BCUT2D eigenvalue weighted by Crippen LogP contribution is -2.55. The van der Waals surface area contributed by atoms with E-state index in [1.165, 1.54) is 20.6 Å². The Balaban J connectivity index is 1.24. The topological polar surface area (TPSA) is 95.1 Å². The average Bonchev–Trinajstić information content (AvgIpc) is 2.95. The third-order valence-corrected chi connectivity index (χ3v) is 7.28. The van der Waals surface area contributed by atoms with Crippen molar-refractivity contribution < 1.29 is 19.0 Å². The molecule has 1 aliphatic carbocycles. The molecule has 0 N–H and O–H groups in total. The monoisotopic (exact) mass is 508 g/mol. The van der Waals surface area contributed by atoms with Gasteiger partial charge in [0.1, 0.15) is 30.4 Å². The smallest absolute Gasteiger partial charge is 0.338 e. The van der Waals surface area contributed by atoms with Crippen LogP contribution in [-0.2, 0) is 29.1 Å². The molecule has 0 fully saturated rings. The molecule has 0 bridgehead atoms. The number of amides is 4. The van der Waals surface area contributed by atoms with Gasteiger partial charge in [0.15, 0.2) is 0 Å². The first-order valence-electron chi connectivity index (χ1n) is 12.7. The molecular weight excluding hydrogens is 482 g/mol. The molecule has 3 aliphatic rings. The van der Waals surface area contributed by atoms with Crippen LogP contribution < -0.4 is 5.56 Å². The van der Waals surface area contributed by atoms with Crippen molar-refractivity contribution >= 4 is 29.2 Å². The van der Waals surface area contributed by atoms with E-state index in [1.807, 2.05) is 18.2 Å². The summed E-state index contributed by atoms with van der Waals surface area (Å²) in [5.74, 6) is -1.09. The van der Waals surface area contributed by atoms with Crippen LogP contribution in [0.3, 0.4) is 0 Å². The second-order valence-corrected chi connectivity index (χ2v) is 9.60. The fourth-order valence-electron chi connectivity index (χ4n) is 5.30. The fourth-order valence-corrected chi connectivity index (χ4v) is 5.30. The molecule has 1 aromatic carbocycles. The summed E-state index contributed by atoms with van der Waals surface area (Å²) in [7, 11) is 0. The second kappa shape index (κ2) is 9.66.